The third kappa shape index (κ3) is 5.47. The number of nitrogens with one attached hydrogen (secondary N) is 2. The molecule has 6 heteroatoms. The fourth-order valence-electron chi connectivity index (χ4n) is 3.42. The Morgan fingerprint density at radius 2 is 1.96 bits per heavy atom. The van der Waals surface area contributed by atoms with Crippen LogP contribution >= 0.6 is 24.0 Å². The maximum Gasteiger partial charge on any atom is 0.246 e. The number of amides is 1. The maximum atomic E-state index is 12.6. The number of aryl methyl sites for hydroxylation is 1. The van der Waals surface area contributed by atoms with Crippen LogP contribution in [0.2, 0.25) is 0 Å². The Balaban J connectivity index is 0.00000280. The molecule has 0 saturated carbocycles. The van der Waals surface area contributed by atoms with Crippen LogP contribution in [0.5, 0.6) is 0 Å². The van der Waals surface area contributed by atoms with E-state index >= 15 is 0 Å². The van der Waals surface area contributed by atoms with Gasteiger partial charge in [-0.2, -0.15) is 0 Å². The number of aliphatic imine (C=N–C) groups is 1. The number of nitrogens with zero attached hydrogens (tertiary/aromatic N) is 2. The van der Waals surface area contributed by atoms with Crippen LogP contribution in [0, 0.1) is 6.92 Å². The molecule has 1 amide bonds. The number of halogens is 1. The molecule has 0 aromatic heterocycles. The highest BCUT2D eigenvalue weighted by atomic mass is 127. The molecule has 0 spiro atoms. The van der Waals surface area contributed by atoms with Crippen LogP contribution in [0.15, 0.2) is 53.5 Å². The molecule has 28 heavy (non-hydrogen) atoms. The molecule has 1 unspecified atom stereocenters. The van der Waals surface area contributed by atoms with Crippen LogP contribution in [-0.4, -0.2) is 38.5 Å². The number of carbonyl (C=O) groups excluding carboxylic acids is 1. The fraction of sp³-hybridized carbons (Fsp3) is 0.364. The monoisotopic (exact) mass is 492 g/mol. The number of para-hydroxylation sites is 1. The summed E-state index contributed by atoms with van der Waals surface area (Å²) in [7, 11) is 1.72. The molecule has 2 aromatic rings. The normalized spacial score (nSPS) is 14.1. The number of rotatable bonds is 5. The third-order valence-corrected chi connectivity index (χ3v) is 5.01. The lowest BCUT2D eigenvalue weighted by molar-refractivity contribution is -0.117. The van der Waals surface area contributed by atoms with E-state index in [2.05, 4.69) is 59.8 Å². The van der Waals surface area contributed by atoms with Crippen LogP contribution in [0.4, 0.5) is 5.69 Å². The van der Waals surface area contributed by atoms with Crippen LogP contribution < -0.4 is 15.5 Å². The summed E-state index contributed by atoms with van der Waals surface area (Å²) in [6.45, 7) is 6.01. The first-order chi connectivity index (χ1) is 13.1. The second kappa shape index (κ2) is 10.5. The molecule has 3 rings (SSSR count). The molecule has 1 heterocycles. The number of carbonyl (C=O) groups is 1. The maximum absolute atomic E-state index is 12.6. The predicted octanol–water partition coefficient (Wildman–Crippen LogP) is 3.47. The topological polar surface area (TPSA) is 56.7 Å². The lowest BCUT2D eigenvalue weighted by atomic mass is 9.99. The lowest BCUT2D eigenvalue weighted by Crippen LogP contribution is -2.45. The van der Waals surface area contributed by atoms with E-state index < -0.39 is 0 Å². The van der Waals surface area contributed by atoms with E-state index in [0.29, 0.717) is 11.9 Å². The Hall–Kier alpha value is -2.09. The average molecular weight is 492 g/mol. The smallest absolute Gasteiger partial charge is 0.246 e. The Bertz CT molecular complexity index is 837. The number of benzene rings is 2. The summed E-state index contributed by atoms with van der Waals surface area (Å²) in [5.41, 5.74) is 4.82. The Labute approximate surface area is 184 Å². The van der Waals surface area contributed by atoms with Crippen molar-refractivity contribution >= 4 is 41.5 Å². The number of hydrogen-bond acceptors (Lipinski definition) is 2. The highest BCUT2D eigenvalue weighted by Gasteiger charge is 2.23. The first-order valence-corrected chi connectivity index (χ1v) is 9.48. The molecule has 1 atom stereocenters. The van der Waals surface area contributed by atoms with Gasteiger partial charge in [-0.25, -0.2) is 0 Å². The zero-order valence-electron chi connectivity index (χ0n) is 16.7. The number of guanidine groups is 1. The molecule has 1 aliphatic heterocycles. The average Bonchev–Trinajstić information content (AvgIpc) is 3.12. The molecular formula is C22H29IN4O. The zero-order chi connectivity index (χ0) is 19.2. The molecule has 150 valence electrons. The largest absolute Gasteiger partial charge is 0.356 e. The molecule has 5 nitrogen and oxygen atoms in total. The SMILES string of the molecule is CN=C(NCC(=O)N1CCc2ccccc21)NCC(C)c1cccc(C)c1.I. The zero-order valence-corrected chi connectivity index (χ0v) is 19.1. The van der Waals surface area contributed by atoms with Crippen LogP contribution in [-0.2, 0) is 11.2 Å². The van der Waals surface area contributed by atoms with Crippen molar-refractivity contribution in [3.05, 3.63) is 65.2 Å². The first kappa shape index (κ1) is 22.2. The van der Waals surface area contributed by atoms with E-state index in [1.807, 2.05) is 23.1 Å². The van der Waals surface area contributed by atoms with E-state index in [9.17, 15) is 4.79 Å². The van der Waals surface area contributed by atoms with Gasteiger partial charge in [0.25, 0.3) is 0 Å². The van der Waals surface area contributed by atoms with Crippen LogP contribution in [0.3, 0.4) is 0 Å². The molecule has 2 aromatic carbocycles. The van der Waals surface area contributed by atoms with Gasteiger partial charge in [-0.3, -0.25) is 9.79 Å². The minimum atomic E-state index is 0. The van der Waals surface area contributed by atoms with E-state index in [-0.39, 0.29) is 36.4 Å². The molecule has 0 radical (unpaired) electrons. The molecule has 0 saturated heterocycles. The summed E-state index contributed by atoms with van der Waals surface area (Å²) >= 11 is 0. The Morgan fingerprint density at radius 1 is 1.18 bits per heavy atom. The molecule has 0 bridgehead atoms. The lowest BCUT2D eigenvalue weighted by Gasteiger charge is -2.20. The number of fused-ring (bicyclic) bond motifs is 1. The van der Waals surface area contributed by atoms with E-state index in [4.69, 9.17) is 0 Å². The van der Waals surface area contributed by atoms with Crippen molar-refractivity contribution in [1.82, 2.24) is 10.6 Å². The quantitative estimate of drug-likeness (QED) is 0.382. The summed E-state index contributed by atoms with van der Waals surface area (Å²) in [6.07, 6.45) is 0.920. The number of hydrogen-bond donors (Lipinski definition) is 2. The summed E-state index contributed by atoms with van der Waals surface area (Å²) in [5.74, 6) is 1.06. The van der Waals surface area contributed by atoms with Crippen molar-refractivity contribution in [3.8, 4) is 0 Å². The van der Waals surface area contributed by atoms with Crippen molar-refractivity contribution in [3.63, 3.8) is 0 Å². The van der Waals surface area contributed by atoms with Gasteiger partial charge in [0.1, 0.15) is 0 Å². The Kier molecular flexibility index (Phi) is 8.29. The van der Waals surface area contributed by atoms with Crippen molar-refractivity contribution < 1.29 is 4.79 Å². The summed E-state index contributed by atoms with van der Waals surface area (Å²) < 4.78 is 0. The first-order valence-electron chi connectivity index (χ1n) is 9.48. The van der Waals surface area contributed by atoms with Crippen LogP contribution in [0.1, 0.15) is 29.5 Å². The minimum absolute atomic E-state index is 0. The predicted molar refractivity (Wildman–Crippen MR) is 127 cm³/mol. The van der Waals surface area contributed by atoms with Gasteiger partial charge in [0.15, 0.2) is 5.96 Å². The molecular weight excluding hydrogens is 463 g/mol. The van der Waals surface area contributed by atoms with Crippen molar-refractivity contribution in [2.45, 2.75) is 26.2 Å². The third-order valence-electron chi connectivity index (χ3n) is 5.01. The van der Waals surface area contributed by atoms with Crippen molar-refractivity contribution in [1.29, 1.82) is 0 Å². The molecule has 2 N–H and O–H groups in total. The highest BCUT2D eigenvalue weighted by Crippen LogP contribution is 2.27. The van der Waals surface area contributed by atoms with Gasteiger partial charge in [0.05, 0.1) is 6.54 Å². The van der Waals surface area contributed by atoms with Gasteiger partial charge in [0.2, 0.25) is 5.91 Å². The van der Waals surface area contributed by atoms with E-state index in [0.717, 1.165) is 25.2 Å². The number of anilines is 1. The fourth-order valence-corrected chi connectivity index (χ4v) is 3.42. The van der Waals surface area contributed by atoms with Gasteiger partial charge in [-0.1, -0.05) is 55.0 Å². The van der Waals surface area contributed by atoms with Gasteiger partial charge < -0.3 is 15.5 Å². The summed E-state index contributed by atoms with van der Waals surface area (Å²) in [4.78, 5) is 18.7. The second-order valence-electron chi connectivity index (χ2n) is 7.05. The Morgan fingerprint density at radius 3 is 2.71 bits per heavy atom. The highest BCUT2D eigenvalue weighted by molar-refractivity contribution is 14.0. The van der Waals surface area contributed by atoms with E-state index in [1.54, 1.807) is 7.05 Å². The minimum Gasteiger partial charge on any atom is -0.356 e. The molecule has 0 aliphatic carbocycles. The standard InChI is InChI=1S/C22H28N4O.HI/c1-16-7-6-9-19(13-16)17(2)14-24-22(23-3)25-15-21(27)26-12-11-18-8-4-5-10-20(18)26;/h4-10,13,17H,11-12,14-15H2,1-3H3,(H2,23,24,25);1H. The van der Waals surface area contributed by atoms with Crippen LogP contribution in [0.25, 0.3) is 0 Å². The van der Waals surface area contributed by atoms with Crippen molar-refractivity contribution in [2.24, 2.45) is 4.99 Å². The van der Waals surface area contributed by atoms with Gasteiger partial charge in [-0.05, 0) is 36.5 Å². The van der Waals surface area contributed by atoms with Gasteiger partial charge >= 0.3 is 0 Å². The van der Waals surface area contributed by atoms with E-state index in [1.165, 1.54) is 16.7 Å². The summed E-state index contributed by atoms with van der Waals surface area (Å²) in [5, 5.41) is 6.46. The molecule has 0 fully saturated rings. The van der Waals surface area contributed by atoms with Gasteiger partial charge in [0, 0.05) is 25.8 Å². The van der Waals surface area contributed by atoms with Gasteiger partial charge in [-0.15, -0.1) is 24.0 Å². The van der Waals surface area contributed by atoms with Crippen molar-refractivity contribution in [2.75, 3.05) is 31.6 Å². The second-order valence-corrected chi connectivity index (χ2v) is 7.05. The summed E-state index contributed by atoms with van der Waals surface area (Å²) in [6, 6.07) is 16.6. The molecule has 1 aliphatic rings.